The normalized spacial score (nSPS) is 14.1. The molecule has 0 unspecified atom stereocenters. The van der Waals surface area contributed by atoms with Crippen LogP contribution in [-0.2, 0) is 0 Å². The van der Waals surface area contributed by atoms with Crippen LogP contribution in [0.2, 0.25) is 0 Å². The Hall–Kier alpha value is -6.00. The van der Waals surface area contributed by atoms with Crippen LogP contribution < -0.4 is 9.47 Å². The molecule has 2 aromatic heterocycles. The van der Waals surface area contributed by atoms with E-state index < -0.39 is 0 Å². The number of hydrogen-bond donors (Lipinski definition) is 2. The summed E-state index contributed by atoms with van der Waals surface area (Å²) in [6.07, 6.45) is 4.63. The predicted molar refractivity (Wildman–Crippen MR) is 193 cm³/mol. The van der Waals surface area contributed by atoms with Crippen molar-refractivity contribution < 1.29 is 9.47 Å². The van der Waals surface area contributed by atoms with E-state index in [2.05, 4.69) is 144 Å². The van der Waals surface area contributed by atoms with Gasteiger partial charge in [0.1, 0.15) is 11.5 Å². The van der Waals surface area contributed by atoms with Crippen molar-refractivity contribution in [3.05, 3.63) is 162 Å². The molecule has 1 aliphatic rings. The Morgan fingerprint density at radius 2 is 1.09 bits per heavy atom. The van der Waals surface area contributed by atoms with Gasteiger partial charge >= 0.3 is 0 Å². The number of rotatable bonds is 6. The van der Waals surface area contributed by atoms with E-state index in [0.717, 1.165) is 38.8 Å². The van der Waals surface area contributed by atoms with E-state index in [1.165, 1.54) is 55.5 Å². The molecule has 0 bridgehead atoms. The Morgan fingerprint density at radius 1 is 0.511 bits per heavy atom. The molecular weight excluding hydrogens is 576 g/mol. The van der Waals surface area contributed by atoms with Crippen molar-refractivity contribution in [2.24, 2.45) is 0 Å². The van der Waals surface area contributed by atoms with Crippen molar-refractivity contribution in [1.82, 2.24) is 9.97 Å². The van der Waals surface area contributed by atoms with Crippen molar-refractivity contribution in [2.45, 2.75) is 5.92 Å². The zero-order chi connectivity index (χ0) is 31.5. The molecule has 226 valence electrons. The lowest BCUT2D eigenvalue weighted by molar-refractivity contribution is 0.419. The van der Waals surface area contributed by atoms with Gasteiger partial charge in [-0.05, 0) is 68.8 Å². The van der Waals surface area contributed by atoms with Gasteiger partial charge in [-0.25, -0.2) is 0 Å². The summed E-state index contributed by atoms with van der Waals surface area (Å²) in [7, 11) is 3.51. The summed E-state index contributed by atoms with van der Waals surface area (Å²) in [6, 6.07) is 44.9. The lowest BCUT2D eigenvalue weighted by Gasteiger charge is -2.22. The molecule has 1 atom stereocenters. The van der Waals surface area contributed by atoms with Crippen LogP contribution >= 0.6 is 0 Å². The van der Waals surface area contributed by atoms with Gasteiger partial charge in [0, 0.05) is 34.0 Å². The van der Waals surface area contributed by atoms with Gasteiger partial charge in [-0.2, -0.15) is 0 Å². The highest BCUT2D eigenvalue weighted by Gasteiger charge is 2.36. The minimum absolute atomic E-state index is 0.0550. The number of aromatic amines is 2. The SMILES string of the molecule is COc1cccc2[nH]cc([C@@H]3C=C(c4ccccc4)c4c3c(-c3ccccc3)c3[nH]c5cccc(OC)c5c3c4-c3ccccc3)c12. The minimum Gasteiger partial charge on any atom is -0.496 e. The van der Waals surface area contributed by atoms with Gasteiger partial charge < -0.3 is 19.4 Å². The topological polar surface area (TPSA) is 50.0 Å². The fourth-order valence-electron chi connectivity index (χ4n) is 7.76. The van der Waals surface area contributed by atoms with Crippen LogP contribution in [0.4, 0.5) is 0 Å². The Balaban J connectivity index is 1.54. The zero-order valence-corrected chi connectivity index (χ0v) is 26.2. The number of nitrogens with one attached hydrogen (secondary N) is 2. The van der Waals surface area contributed by atoms with Gasteiger partial charge in [0.25, 0.3) is 0 Å². The molecule has 0 amide bonds. The van der Waals surface area contributed by atoms with Gasteiger partial charge in [0.05, 0.1) is 30.6 Å². The first-order valence-corrected chi connectivity index (χ1v) is 16.0. The van der Waals surface area contributed by atoms with E-state index in [4.69, 9.17) is 9.47 Å². The van der Waals surface area contributed by atoms with E-state index >= 15 is 0 Å². The monoisotopic (exact) mass is 608 g/mol. The molecule has 0 fully saturated rings. The number of hydrogen-bond acceptors (Lipinski definition) is 2. The van der Waals surface area contributed by atoms with E-state index in [9.17, 15) is 0 Å². The Kier molecular flexibility index (Phi) is 6.29. The zero-order valence-electron chi connectivity index (χ0n) is 26.2. The third-order valence-electron chi connectivity index (χ3n) is 9.67. The molecular formula is C43H32N2O2. The first kappa shape index (κ1) is 27.3. The number of methoxy groups -OCH3 is 2. The van der Waals surface area contributed by atoms with Gasteiger partial charge in [-0.15, -0.1) is 0 Å². The molecule has 1 aliphatic carbocycles. The minimum atomic E-state index is -0.0550. The summed E-state index contributed by atoms with van der Waals surface area (Å²) < 4.78 is 12.0. The van der Waals surface area contributed by atoms with Crippen molar-refractivity contribution >= 4 is 38.3 Å². The summed E-state index contributed by atoms with van der Waals surface area (Å²) in [5.41, 5.74) is 14.1. The lowest BCUT2D eigenvalue weighted by Crippen LogP contribution is -2.03. The summed E-state index contributed by atoms with van der Waals surface area (Å²) >= 11 is 0. The summed E-state index contributed by atoms with van der Waals surface area (Å²) in [4.78, 5) is 7.48. The number of fused-ring (bicyclic) bond motifs is 5. The molecule has 0 saturated heterocycles. The fourth-order valence-corrected chi connectivity index (χ4v) is 7.76. The highest BCUT2D eigenvalue weighted by molar-refractivity contribution is 6.24. The summed E-state index contributed by atoms with van der Waals surface area (Å²) in [5.74, 6) is 1.66. The quantitative estimate of drug-likeness (QED) is 0.197. The Labute approximate surface area is 272 Å². The molecule has 4 nitrogen and oxygen atoms in total. The predicted octanol–water partition coefficient (Wildman–Crippen LogP) is 10.7. The molecule has 0 saturated carbocycles. The maximum absolute atomic E-state index is 6.06. The number of allylic oxidation sites excluding steroid dienone is 1. The van der Waals surface area contributed by atoms with Crippen molar-refractivity contribution in [3.63, 3.8) is 0 Å². The number of benzene rings is 6. The van der Waals surface area contributed by atoms with Crippen molar-refractivity contribution in [1.29, 1.82) is 0 Å². The largest absolute Gasteiger partial charge is 0.496 e. The fraction of sp³-hybridized carbons (Fsp3) is 0.0698. The maximum Gasteiger partial charge on any atom is 0.128 e. The second-order valence-electron chi connectivity index (χ2n) is 12.1. The van der Waals surface area contributed by atoms with Crippen LogP contribution in [-0.4, -0.2) is 24.2 Å². The van der Waals surface area contributed by atoms with Gasteiger partial charge in [-0.1, -0.05) is 109 Å². The first-order valence-electron chi connectivity index (χ1n) is 16.0. The third kappa shape index (κ3) is 4.08. The molecule has 4 heteroatoms. The number of H-pyrrole nitrogens is 2. The first-order chi connectivity index (χ1) is 23.3. The highest BCUT2D eigenvalue weighted by Crippen LogP contribution is 2.57. The molecule has 0 spiro atoms. The molecule has 8 aromatic rings. The number of aromatic nitrogens is 2. The Bertz CT molecular complexity index is 2470. The molecule has 0 aliphatic heterocycles. The molecule has 9 rings (SSSR count). The van der Waals surface area contributed by atoms with E-state index in [1.807, 2.05) is 6.07 Å². The van der Waals surface area contributed by atoms with Crippen molar-refractivity contribution in [3.8, 4) is 33.8 Å². The smallest absolute Gasteiger partial charge is 0.128 e. The summed E-state index contributed by atoms with van der Waals surface area (Å²) in [6.45, 7) is 0. The highest BCUT2D eigenvalue weighted by atomic mass is 16.5. The molecule has 2 N–H and O–H groups in total. The van der Waals surface area contributed by atoms with Crippen LogP contribution in [0.15, 0.2) is 140 Å². The van der Waals surface area contributed by atoms with Crippen LogP contribution in [0.3, 0.4) is 0 Å². The molecule has 47 heavy (non-hydrogen) atoms. The van der Waals surface area contributed by atoms with Crippen molar-refractivity contribution in [2.75, 3.05) is 14.2 Å². The average Bonchev–Trinajstić information content (AvgIpc) is 3.85. The molecule has 2 heterocycles. The van der Waals surface area contributed by atoms with Gasteiger partial charge in [0.2, 0.25) is 0 Å². The van der Waals surface area contributed by atoms with Crippen LogP contribution in [0.25, 0.3) is 60.5 Å². The molecule has 0 radical (unpaired) electrons. The van der Waals surface area contributed by atoms with Gasteiger partial charge in [0.15, 0.2) is 0 Å². The second-order valence-corrected chi connectivity index (χ2v) is 12.1. The van der Waals surface area contributed by atoms with Crippen LogP contribution in [0.5, 0.6) is 11.5 Å². The maximum atomic E-state index is 6.06. The second kappa shape index (κ2) is 10.8. The van der Waals surface area contributed by atoms with Crippen LogP contribution in [0.1, 0.15) is 28.2 Å². The van der Waals surface area contributed by atoms with E-state index in [-0.39, 0.29) is 5.92 Å². The van der Waals surface area contributed by atoms with E-state index in [1.54, 1.807) is 14.2 Å². The third-order valence-corrected chi connectivity index (χ3v) is 9.67. The van der Waals surface area contributed by atoms with E-state index in [0.29, 0.717) is 0 Å². The standard InChI is InChI=1S/C43H32N2O2/c1-46-34-22-12-20-32-38(34)31(25-44-32)30-24-29(26-14-6-3-7-15-26)39-36(27-16-8-4-9-17-27)42-41-33(21-13-23-35(41)47-2)45-43(42)37(40(30)39)28-18-10-5-11-19-28/h3-25,30,44-45H,1-2H3/t30-/m0/s1. The van der Waals surface area contributed by atoms with Gasteiger partial charge in [-0.3, -0.25) is 0 Å². The summed E-state index contributed by atoms with van der Waals surface area (Å²) in [5, 5.41) is 3.36. The lowest BCUT2D eigenvalue weighted by atomic mass is 9.80. The average molecular weight is 609 g/mol. The molecule has 6 aromatic carbocycles. The van der Waals surface area contributed by atoms with Crippen LogP contribution in [0, 0.1) is 0 Å². The Morgan fingerprint density at radius 3 is 1.72 bits per heavy atom. The number of ether oxygens (including phenoxy) is 2.